The molecule has 5 nitrogen and oxygen atoms in total. The lowest BCUT2D eigenvalue weighted by Crippen LogP contribution is -2.21. The average molecular weight is 402 g/mol. The van der Waals surface area contributed by atoms with E-state index in [2.05, 4.69) is 31.9 Å². The lowest BCUT2D eigenvalue weighted by molar-refractivity contribution is 0.174. The van der Waals surface area contributed by atoms with E-state index in [0.29, 0.717) is 6.61 Å². The first kappa shape index (κ1) is 16.6. The standard InChI is InChI=1S/C19H20BrN3O2/c20-16-1-2-18(15(10-16)11-22-6-4-17(24)12-22)25-13-14-3-7-23-8-5-21-19(23)9-14/h1-3,5,7-10,17,24H,4,6,11-13H2/t17-/m0/s1. The van der Waals surface area contributed by atoms with Crippen LogP contribution in [-0.2, 0) is 13.2 Å². The van der Waals surface area contributed by atoms with Gasteiger partial charge in [0.2, 0.25) is 0 Å². The Morgan fingerprint density at radius 3 is 3.00 bits per heavy atom. The zero-order valence-electron chi connectivity index (χ0n) is 13.8. The average Bonchev–Trinajstić information content (AvgIpc) is 3.22. The number of fused-ring (bicyclic) bond motifs is 1. The van der Waals surface area contributed by atoms with Crippen LogP contribution in [0.3, 0.4) is 0 Å². The van der Waals surface area contributed by atoms with Gasteiger partial charge in [0.05, 0.1) is 6.10 Å². The Morgan fingerprint density at radius 1 is 1.24 bits per heavy atom. The largest absolute Gasteiger partial charge is 0.489 e. The van der Waals surface area contributed by atoms with Crippen LogP contribution in [0, 0.1) is 0 Å². The molecular weight excluding hydrogens is 382 g/mol. The molecule has 0 aliphatic carbocycles. The van der Waals surface area contributed by atoms with E-state index in [1.807, 2.05) is 41.1 Å². The van der Waals surface area contributed by atoms with Gasteiger partial charge in [0.15, 0.2) is 0 Å². The number of pyridine rings is 1. The summed E-state index contributed by atoms with van der Waals surface area (Å²) < 4.78 is 9.11. The molecule has 1 aliphatic heterocycles. The summed E-state index contributed by atoms with van der Waals surface area (Å²) >= 11 is 3.54. The lowest BCUT2D eigenvalue weighted by Gasteiger charge is -2.18. The number of β-amino-alcohol motifs (C(OH)–C–C–N with tert-alkyl or cyclic N) is 1. The van der Waals surface area contributed by atoms with Crippen molar-refractivity contribution in [3.8, 4) is 5.75 Å². The number of hydrogen-bond acceptors (Lipinski definition) is 4. The summed E-state index contributed by atoms with van der Waals surface area (Å²) in [6, 6.07) is 10.2. The number of aliphatic hydroxyl groups excluding tert-OH is 1. The lowest BCUT2D eigenvalue weighted by atomic mass is 10.2. The van der Waals surface area contributed by atoms with E-state index in [4.69, 9.17) is 4.74 Å². The highest BCUT2D eigenvalue weighted by atomic mass is 79.9. The molecule has 0 saturated carbocycles. The summed E-state index contributed by atoms with van der Waals surface area (Å²) in [4.78, 5) is 6.57. The van der Waals surface area contributed by atoms with Crippen LogP contribution >= 0.6 is 15.9 Å². The van der Waals surface area contributed by atoms with E-state index >= 15 is 0 Å². The molecule has 0 amide bonds. The Bertz CT molecular complexity index is 880. The van der Waals surface area contributed by atoms with E-state index in [1.54, 1.807) is 6.20 Å². The number of halogens is 1. The Morgan fingerprint density at radius 2 is 2.16 bits per heavy atom. The minimum Gasteiger partial charge on any atom is -0.489 e. The minimum absolute atomic E-state index is 0.210. The summed E-state index contributed by atoms with van der Waals surface area (Å²) in [7, 11) is 0. The van der Waals surface area contributed by atoms with Gasteiger partial charge in [-0.2, -0.15) is 0 Å². The maximum absolute atomic E-state index is 9.73. The van der Waals surface area contributed by atoms with Gasteiger partial charge in [-0.25, -0.2) is 4.98 Å². The van der Waals surface area contributed by atoms with Gasteiger partial charge in [-0.05, 0) is 42.3 Å². The van der Waals surface area contributed by atoms with Crippen LogP contribution in [0.15, 0.2) is 53.4 Å². The number of benzene rings is 1. The van der Waals surface area contributed by atoms with Crippen LogP contribution in [-0.4, -0.2) is 38.6 Å². The van der Waals surface area contributed by atoms with Crippen LogP contribution in [0.5, 0.6) is 5.75 Å². The number of likely N-dealkylation sites (tertiary alicyclic amines) is 1. The molecule has 25 heavy (non-hydrogen) atoms. The van der Waals surface area contributed by atoms with Crippen LogP contribution in [0.25, 0.3) is 5.65 Å². The highest BCUT2D eigenvalue weighted by Crippen LogP contribution is 2.27. The Balaban J connectivity index is 1.49. The van der Waals surface area contributed by atoms with Crippen molar-refractivity contribution in [2.45, 2.75) is 25.7 Å². The molecule has 6 heteroatoms. The first-order valence-electron chi connectivity index (χ1n) is 8.40. The van der Waals surface area contributed by atoms with Crippen molar-refractivity contribution in [3.63, 3.8) is 0 Å². The van der Waals surface area contributed by atoms with Gasteiger partial charge in [0.25, 0.3) is 0 Å². The molecule has 0 radical (unpaired) electrons. The summed E-state index contributed by atoms with van der Waals surface area (Å²) in [5, 5.41) is 9.73. The molecule has 3 heterocycles. The van der Waals surface area contributed by atoms with Crippen molar-refractivity contribution in [1.82, 2.24) is 14.3 Å². The molecule has 1 saturated heterocycles. The van der Waals surface area contributed by atoms with Gasteiger partial charge >= 0.3 is 0 Å². The highest BCUT2D eigenvalue weighted by molar-refractivity contribution is 9.10. The molecule has 0 spiro atoms. The maximum Gasteiger partial charge on any atom is 0.137 e. The van der Waals surface area contributed by atoms with Crippen molar-refractivity contribution in [2.24, 2.45) is 0 Å². The van der Waals surface area contributed by atoms with Crippen LogP contribution in [0.2, 0.25) is 0 Å². The van der Waals surface area contributed by atoms with Crippen molar-refractivity contribution in [1.29, 1.82) is 0 Å². The Hall–Kier alpha value is -1.89. The fourth-order valence-electron chi connectivity index (χ4n) is 3.21. The smallest absolute Gasteiger partial charge is 0.137 e. The van der Waals surface area contributed by atoms with Crippen molar-refractivity contribution in [2.75, 3.05) is 13.1 Å². The monoisotopic (exact) mass is 401 g/mol. The normalized spacial score (nSPS) is 18.1. The fourth-order valence-corrected chi connectivity index (χ4v) is 3.62. The molecular formula is C19H20BrN3O2. The fraction of sp³-hybridized carbons (Fsp3) is 0.316. The molecule has 2 aromatic heterocycles. The van der Waals surface area contributed by atoms with Gasteiger partial charge < -0.3 is 14.2 Å². The molecule has 1 fully saturated rings. The van der Waals surface area contributed by atoms with E-state index in [9.17, 15) is 5.11 Å². The molecule has 1 N–H and O–H groups in total. The molecule has 0 unspecified atom stereocenters. The zero-order chi connectivity index (χ0) is 17.2. The quantitative estimate of drug-likeness (QED) is 0.712. The third kappa shape index (κ3) is 3.86. The first-order valence-corrected chi connectivity index (χ1v) is 9.20. The second-order valence-corrected chi connectivity index (χ2v) is 7.36. The van der Waals surface area contributed by atoms with Crippen LogP contribution in [0.4, 0.5) is 0 Å². The number of hydrogen-bond donors (Lipinski definition) is 1. The third-order valence-corrected chi connectivity index (χ3v) is 5.01. The summed E-state index contributed by atoms with van der Waals surface area (Å²) in [5.74, 6) is 0.882. The van der Waals surface area contributed by atoms with Crippen molar-refractivity contribution < 1.29 is 9.84 Å². The summed E-state index contributed by atoms with van der Waals surface area (Å²) in [5.41, 5.74) is 3.14. The van der Waals surface area contributed by atoms with Gasteiger partial charge in [-0.15, -0.1) is 0 Å². The predicted octanol–water partition coefficient (Wildman–Crippen LogP) is 3.24. The molecule has 3 aromatic rings. The number of nitrogens with zero attached hydrogens (tertiary/aromatic N) is 3. The Kier molecular flexibility index (Phi) is 4.74. The minimum atomic E-state index is -0.210. The van der Waals surface area contributed by atoms with Gasteiger partial charge in [-0.3, -0.25) is 4.90 Å². The highest BCUT2D eigenvalue weighted by Gasteiger charge is 2.21. The number of aromatic nitrogens is 2. The molecule has 130 valence electrons. The Labute approximate surface area is 155 Å². The number of ether oxygens (including phenoxy) is 1. The number of aliphatic hydroxyl groups is 1. The molecule has 1 atom stereocenters. The van der Waals surface area contributed by atoms with E-state index in [1.165, 1.54) is 0 Å². The number of rotatable bonds is 5. The van der Waals surface area contributed by atoms with Crippen molar-refractivity contribution >= 4 is 21.6 Å². The van der Waals surface area contributed by atoms with Gasteiger partial charge in [-0.1, -0.05) is 15.9 Å². The summed E-state index contributed by atoms with van der Waals surface area (Å²) in [6.07, 6.45) is 6.34. The molecule has 1 aromatic carbocycles. The van der Waals surface area contributed by atoms with E-state index in [0.717, 1.165) is 53.1 Å². The maximum atomic E-state index is 9.73. The number of imidazole rings is 1. The molecule has 0 bridgehead atoms. The van der Waals surface area contributed by atoms with Gasteiger partial charge in [0, 0.05) is 48.3 Å². The predicted molar refractivity (Wildman–Crippen MR) is 99.6 cm³/mol. The van der Waals surface area contributed by atoms with Crippen molar-refractivity contribution in [3.05, 3.63) is 64.5 Å². The van der Waals surface area contributed by atoms with Gasteiger partial charge in [0.1, 0.15) is 18.0 Å². The second kappa shape index (κ2) is 7.15. The SMILES string of the molecule is O[C@H]1CCN(Cc2cc(Br)ccc2OCc2ccn3ccnc3c2)C1. The second-order valence-electron chi connectivity index (χ2n) is 6.45. The van der Waals surface area contributed by atoms with Crippen LogP contribution in [0.1, 0.15) is 17.5 Å². The molecule has 4 rings (SSSR count). The first-order chi connectivity index (χ1) is 12.2. The summed E-state index contributed by atoms with van der Waals surface area (Å²) in [6.45, 7) is 2.93. The van der Waals surface area contributed by atoms with E-state index < -0.39 is 0 Å². The van der Waals surface area contributed by atoms with Crippen LogP contribution < -0.4 is 4.74 Å². The van der Waals surface area contributed by atoms with E-state index in [-0.39, 0.29) is 6.10 Å². The third-order valence-electron chi connectivity index (χ3n) is 4.52. The topological polar surface area (TPSA) is 50.0 Å². The zero-order valence-corrected chi connectivity index (χ0v) is 15.4. The molecule has 1 aliphatic rings.